The van der Waals surface area contributed by atoms with Gasteiger partial charge in [-0.2, -0.15) is 0 Å². The fourth-order valence-electron chi connectivity index (χ4n) is 3.77. The van der Waals surface area contributed by atoms with Gasteiger partial charge in [0.15, 0.2) is 11.0 Å². The molecule has 1 atom stereocenters. The van der Waals surface area contributed by atoms with Gasteiger partial charge in [-0.15, -0.1) is 10.2 Å². The van der Waals surface area contributed by atoms with E-state index in [1.165, 1.54) is 6.42 Å². The zero-order chi connectivity index (χ0) is 20.3. The standard InChI is InChI=1S/C22H22ClN5OS/c23-17-8-1-3-10-19(17)28-21(13-27-15-24-18-9-2-4-11-20(18)27)25-26-22(28)30-14-16-7-5-6-12-29-16/h1-4,8-11,15-16H,5-7,12-14H2. The molecule has 0 bridgehead atoms. The molecule has 5 rings (SSSR count). The van der Waals surface area contributed by atoms with Crippen LogP contribution in [0.4, 0.5) is 0 Å². The van der Waals surface area contributed by atoms with Crippen molar-refractivity contribution in [2.24, 2.45) is 0 Å². The molecule has 0 N–H and O–H groups in total. The summed E-state index contributed by atoms with van der Waals surface area (Å²) in [6.45, 7) is 1.40. The van der Waals surface area contributed by atoms with E-state index in [9.17, 15) is 0 Å². The summed E-state index contributed by atoms with van der Waals surface area (Å²) in [5.74, 6) is 1.68. The molecule has 3 heterocycles. The number of ether oxygens (including phenoxy) is 1. The smallest absolute Gasteiger partial charge is 0.196 e. The lowest BCUT2D eigenvalue weighted by molar-refractivity contribution is 0.0315. The summed E-state index contributed by atoms with van der Waals surface area (Å²) in [4.78, 5) is 4.50. The fourth-order valence-corrected chi connectivity index (χ4v) is 5.02. The van der Waals surface area contributed by atoms with Crippen molar-refractivity contribution in [3.8, 4) is 5.69 Å². The third-order valence-electron chi connectivity index (χ3n) is 5.31. The number of rotatable bonds is 6. The molecule has 0 radical (unpaired) electrons. The quantitative estimate of drug-likeness (QED) is 0.396. The lowest BCUT2D eigenvalue weighted by Gasteiger charge is -2.22. The third-order valence-corrected chi connectivity index (χ3v) is 6.69. The molecule has 0 amide bonds. The zero-order valence-corrected chi connectivity index (χ0v) is 18.0. The van der Waals surface area contributed by atoms with Crippen LogP contribution in [0.1, 0.15) is 25.1 Å². The molecule has 30 heavy (non-hydrogen) atoms. The second kappa shape index (κ2) is 8.79. The van der Waals surface area contributed by atoms with Crippen molar-refractivity contribution < 1.29 is 4.74 Å². The number of imidazole rings is 1. The number of thioether (sulfide) groups is 1. The monoisotopic (exact) mass is 439 g/mol. The summed E-state index contributed by atoms with van der Waals surface area (Å²) in [5, 5.41) is 10.5. The summed E-state index contributed by atoms with van der Waals surface area (Å²) >= 11 is 8.23. The molecule has 0 spiro atoms. The van der Waals surface area contributed by atoms with Gasteiger partial charge in [-0.25, -0.2) is 4.98 Å². The highest BCUT2D eigenvalue weighted by atomic mass is 35.5. The van der Waals surface area contributed by atoms with Crippen LogP contribution in [0.3, 0.4) is 0 Å². The van der Waals surface area contributed by atoms with Gasteiger partial charge < -0.3 is 9.30 Å². The van der Waals surface area contributed by atoms with E-state index in [1.807, 2.05) is 48.8 Å². The van der Waals surface area contributed by atoms with Crippen LogP contribution >= 0.6 is 23.4 Å². The largest absolute Gasteiger partial charge is 0.377 e. The van der Waals surface area contributed by atoms with Gasteiger partial charge in [0.1, 0.15) is 0 Å². The minimum Gasteiger partial charge on any atom is -0.377 e. The Balaban J connectivity index is 1.49. The molecule has 0 saturated carbocycles. The summed E-state index contributed by atoms with van der Waals surface area (Å²) < 4.78 is 10.0. The highest BCUT2D eigenvalue weighted by Gasteiger charge is 2.20. The molecular weight excluding hydrogens is 418 g/mol. The van der Waals surface area contributed by atoms with E-state index in [-0.39, 0.29) is 6.10 Å². The molecule has 2 aromatic carbocycles. The molecule has 2 aromatic heterocycles. The molecular formula is C22H22ClN5OS. The van der Waals surface area contributed by atoms with Gasteiger partial charge in [0, 0.05) is 12.4 Å². The van der Waals surface area contributed by atoms with E-state index < -0.39 is 0 Å². The van der Waals surface area contributed by atoms with Gasteiger partial charge in [-0.1, -0.05) is 47.6 Å². The molecule has 4 aromatic rings. The van der Waals surface area contributed by atoms with Crippen LogP contribution in [-0.2, 0) is 11.3 Å². The highest BCUT2D eigenvalue weighted by molar-refractivity contribution is 7.99. The first-order chi connectivity index (χ1) is 14.8. The van der Waals surface area contributed by atoms with E-state index in [0.29, 0.717) is 11.6 Å². The average Bonchev–Trinajstić information content (AvgIpc) is 3.38. The van der Waals surface area contributed by atoms with Crippen molar-refractivity contribution in [1.29, 1.82) is 0 Å². The first kappa shape index (κ1) is 19.6. The molecule has 1 fully saturated rings. The number of nitrogens with zero attached hydrogens (tertiary/aromatic N) is 5. The minimum absolute atomic E-state index is 0.265. The van der Waals surface area contributed by atoms with Gasteiger partial charge >= 0.3 is 0 Å². The van der Waals surface area contributed by atoms with Crippen molar-refractivity contribution >= 4 is 34.4 Å². The van der Waals surface area contributed by atoms with Crippen LogP contribution in [0.5, 0.6) is 0 Å². The molecule has 0 aliphatic carbocycles. The maximum absolute atomic E-state index is 6.56. The Bertz CT molecular complexity index is 1150. The number of aromatic nitrogens is 5. The van der Waals surface area contributed by atoms with Crippen LogP contribution in [0, 0.1) is 0 Å². The van der Waals surface area contributed by atoms with Crippen LogP contribution in [-0.4, -0.2) is 42.8 Å². The van der Waals surface area contributed by atoms with Crippen molar-refractivity contribution in [2.75, 3.05) is 12.4 Å². The predicted molar refractivity (Wildman–Crippen MR) is 120 cm³/mol. The molecule has 1 aliphatic heterocycles. The SMILES string of the molecule is Clc1ccccc1-n1c(Cn2cnc3ccccc32)nnc1SCC1CCCCO1. The number of hydrogen-bond donors (Lipinski definition) is 0. The summed E-state index contributed by atoms with van der Waals surface area (Å²) in [5.41, 5.74) is 2.91. The second-order valence-corrected chi connectivity index (χ2v) is 8.74. The van der Waals surface area contributed by atoms with E-state index >= 15 is 0 Å². The molecule has 1 aliphatic rings. The second-order valence-electron chi connectivity index (χ2n) is 7.35. The Morgan fingerprint density at radius 3 is 2.80 bits per heavy atom. The number of para-hydroxylation sites is 3. The van der Waals surface area contributed by atoms with Crippen molar-refractivity contribution in [1.82, 2.24) is 24.3 Å². The maximum atomic E-state index is 6.56. The number of hydrogen-bond acceptors (Lipinski definition) is 5. The molecule has 1 saturated heterocycles. The van der Waals surface area contributed by atoms with Gasteiger partial charge in [0.25, 0.3) is 0 Å². The van der Waals surface area contributed by atoms with Gasteiger partial charge in [0.2, 0.25) is 0 Å². The van der Waals surface area contributed by atoms with Crippen molar-refractivity contribution in [3.63, 3.8) is 0 Å². The fraction of sp³-hybridized carbons (Fsp3) is 0.318. The molecule has 8 heteroatoms. The normalized spacial score (nSPS) is 16.9. The number of halogens is 1. The topological polar surface area (TPSA) is 57.8 Å². The van der Waals surface area contributed by atoms with E-state index in [1.54, 1.807) is 11.8 Å². The Kier molecular flexibility index (Phi) is 5.75. The first-order valence-electron chi connectivity index (χ1n) is 10.1. The Morgan fingerprint density at radius 1 is 1.07 bits per heavy atom. The van der Waals surface area contributed by atoms with Crippen LogP contribution in [0.25, 0.3) is 16.7 Å². The first-order valence-corrected chi connectivity index (χ1v) is 11.5. The van der Waals surface area contributed by atoms with Gasteiger partial charge in [0.05, 0.1) is 40.7 Å². The molecule has 154 valence electrons. The summed E-state index contributed by atoms with van der Waals surface area (Å²) in [6, 6.07) is 15.9. The highest BCUT2D eigenvalue weighted by Crippen LogP contribution is 2.29. The Labute approximate surface area is 184 Å². The van der Waals surface area contributed by atoms with E-state index in [0.717, 1.165) is 52.9 Å². The zero-order valence-electron chi connectivity index (χ0n) is 16.4. The summed E-state index contributed by atoms with van der Waals surface area (Å²) in [6.07, 6.45) is 5.59. The van der Waals surface area contributed by atoms with Crippen LogP contribution in [0.15, 0.2) is 60.0 Å². The van der Waals surface area contributed by atoms with E-state index in [2.05, 4.69) is 30.4 Å². The Morgan fingerprint density at radius 2 is 1.93 bits per heavy atom. The number of benzene rings is 2. The minimum atomic E-state index is 0.265. The van der Waals surface area contributed by atoms with Crippen molar-refractivity contribution in [3.05, 3.63) is 65.7 Å². The van der Waals surface area contributed by atoms with Gasteiger partial charge in [-0.05, 0) is 43.5 Å². The Hall–Kier alpha value is -2.35. The van der Waals surface area contributed by atoms with Crippen LogP contribution < -0.4 is 0 Å². The summed E-state index contributed by atoms with van der Waals surface area (Å²) in [7, 11) is 0. The average molecular weight is 440 g/mol. The van der Waals surface area contributed by atoms with Gasteiger partial charge in [-0.3, -0.25) is 4.57 Å². The van der Waals surface area contributed by atoms with Crippen LogP contribution in [0.2, 0.25) is 5.02 Å². The third kappa shape index (κ3) is 3.97. The molecule has 1 unspecified atom stereocenters. The molecule has 6 nitrogen and oxygen atoms in total. The maximum Gasteiger partial charge on any atom is 0.196 e. The van der Waals surface area contributed by atoms with E-state index in [4.69, 9.17) is 16.3 Å². The lowest BCUT2D eigenvalue weighted by Crippen LogP contribution is -2.21. The predicted octanol–water partition coefficient (Wildman–Crippen LogP) is 4.98. The van der Waals surface area contributed by atoms with Crippen molar-refractivity contribution in [2.45, 2.75) is 37.1 Å². The number of fused-ring (bicyclic) bond motifs is 1. The lowest BCUT2D eigenvalue weighted by atomic mass is 10.1.